The topological polar surface area (TPSA) is 101 Å². The summed E-state index contributed by atoms with van der Waals surface area (Å²) in [6.07, 6.45) is 7.12. The monoisotopic (exact) mass is 447 g/mol. The van der Waals surface area contributed by atoms with Gasteiger partial charge in [0.15, 0.2) is 0 Å². The molecule has 172 valence electrons. The summed E-state index contributed by atoms with van der Waals surface area (Å²) in [5, 5.41) is 16.7. The van der Waals surface area contributed by atoms with Gasteiger partial charge in [0.1, 0.15) is 0 Å². The van der Waals surface area contributed by atoms with E-state index in [0.717, 1.165) is 48.1 Å². The first-order chi connectivity index (χ1) is 15.9. The highest BCUT2D eigenvalue weighted by atomic mass is 16.6. The van der Waals surface area contributed by atoms with E-state index in [0.29, 0.717) is 18.7 Å². The van der Waals surface area contributed by atoms with E-state index in [9.17, 15) is 19.7 Å². The second-order valence-corrected chi connectivity index (χ2v) is 10.2. The maximum absolute atomic E-state index is 13.1. The van der Waals surface area contributed by atoms with Gasteiger partial charge >= 0.3 is 0 Å². The van der Waals surface area contributed by atoms with Crippen molar-refractivity contribution in [3.8, 4) is 0 Å². The van der Waals surface area contributed by atoms with Gasteiger partial charge in [0.05, 0.1) is 4.92 Å². The van der Waals surface area contributed by atoms with Crippen LogP contribution in [0, 0.1) is 33.3 Å². The number of hydrogen-bond donors (Lipinski definition) is 2. The van der Waals surface area contributed by atoms with Gasteiger partial charge in [-0.3, -0.25) is 19.7 Å². The predicted octanol–water partition coefficient (Wildman–Crippen LogP) is 4.36. The Morgan fingerprint density at radius 3 is 1.82 bits per heavy atom. The molecule has 0 spiro atoms. The largest absolute Gasteiger partial charge is 0.352 e. The van der Waals surface area contributed by atoms with Crippen LogP contribution in [0.1, 0.15) is 60.0 Å². The third kappa shape index (κ3) is 4.49. The van der Waals surface area contributed by atoms with Gasteiger partial charge in [-0.15, -0.1) is 0 Å². The Morgan fingerprint density at radius 1 is 0.818 bits per heavy atom. The lowest BCUT2D eigenvalue weighted by molar-refractivity contribution is -0.384. The Kier molecular flexibility index (Phi) is 5.64. The molecule has 7 nitrogen and oxygen atoms in total. The normalized spacial score (nSPS) is 27.2. The Hall–Kier alpha value is -3.22. The molecule has 4 fully saturated rings. The van der Waals surface area contributed by atoms with Crippen molar-refractivity contribution in [2.24, 2.45) is 23.2 Å². The van der Waals surface area contributed by atoms with Crippen LogP contribution in [0.5, 0.6) is 0 Å². The van der Waals surface area contributed by atoms with Crippen molar-refractivity contribution in [2.45, 2.75) is 51.6 Å². The summed E-state index contributed by atoms with van der Waals surface area (Å²) in [5.74, 6) is 2.23. The van der Waals surface area contributed by atoms with E-state index in [-0.39, 0.29) is 22.9 Å². The van der Waals surface area contributed by atoms with Crippen LogP contribution >= 0.6 is 0 Å². The molecule has 33 heavy (non-hydrogen) atoms. The third-order valence-electron chi connectivity index (χ3n) is 7.79. The number of carbonyl (C=O) groups excluding carboxylic acids is 2. The highest BCUT2D eigenvalue weighted by Gasteiger charge is 2.54. The minimum atomic E-state index is -0.449. The van der Waals surface area contributed by atoms with Gasteiger partial charge in [0.25, 0.3) is 11.6 Å². The van der Waals surface area contributed by atoms with Crippen molar-refractivity contribution < 1.29 is 14.5 Å². The van der Waals surface area contributed by atoms with E-state index in [4.69, 9.17) is 0 Å². The average molecular weight is 448 g/mol. The zero-order valence-electron chi connectivity index (χ0n) is 18.6. The zero-order chi connectivity index (χ0) is 23.0. The lowest BCUT2D eigenvalue weighted by atomic mass is 9.49. The average Bonchev–Trinajstić information content (AvgIpc) is 2.80. The Labute approximate surface area is 193 Å². The van der Waals surface area contributed by atoms with Crippen molar-refractivity contribution >= 4 is 17.5 Å². The predicted molar refractivity (Wildman–Crippen MR) is 123 cm³/mol. The minimum absolute atomic E-state index is 0.0240. The lowest BCUT2D eigenvalue weighted by Crippen LogP contribution is -2.53. The van der Waals surface area contributed by atoms with Crippen LogP contribution in [0.25, 0.3) is 0 Å². The number of carbonyl (C=O) groups is 2. The molecule has 0 saturated heterocycles. The van der Waals surface area contributed by atoms with Gasteiger partial charge in [-0.1, -0.05) is 24.3 Å². The van der Waals surface area contributed by atoms with Gasteiger partial charge in [0, 0.05) is 36.2 Å². The fourth-order valence-corrected chi connectivity index (χ4v) is 6.55. The van der Waals surface area contributed by atoms with Crippen molar-refractivity contribution in [3.63, 3.8) is 0 Å². The molecule has 4 bridgehead atoms. The molecule has 2 aromatic rings. The van der Waals surface area contributed by atoms with Crippen molar-refractivity contribution in [1.82, 2.24) is 10.6 Å². The quantitative estimate of drug-likeness (QED) is 0.486. The van der Waals surface area contributed by atoms with Crippen LogP contribution in [0.3, 0.4) is 0 Å². The maximum atomic E-state index is 13.1. The summed E-state index contributed by atoms with van der Waals surface area (Å²) in [6.45, 7) is 0.769. The Balaban J connectivity index is 1.12. The van der Waals surface area contributed by atoms with Crippen LogP contribution in [-0.2, 0) is 17.9 Å². The van der Waals surface area contributed by atoms with Gasteiger partial charge in [-0.2, -0.15) is 0 Å². The van der Waals surface area contributed by atoms with E-state index < -0.39 is 4.92 Å². The molecule has 2 amide bonds. The molecule has 0 heterocycles. The number of hydrogen-bond acceptors (Lipinski definition) is 4. The molecule has 0 unspecified atom stereocenters. The summed E-state index contributed by atoms with van der Waals surface area (Å²) in [7, 11) is 0. The number of non-ortho nitro benzene ring substituents is 1. The summed E-state index contributed by atoms with van der Waals surface area (Å²) >= 11 is 0. The summed E-state index contributed by atoms with van der Waals surface area (Å²) in [4.78, 5) is 35.8. The van der Waals surface area contributed by atoms with Crippen LogP contribution in [0.15, 0.2) is 48.5 Å². The fraction of sp³-hybridized carbons (Fsp3) is 0.462. The van der Waals surface area contributed by atoms with Crippen molar-refractivity contribution in [2.75, 3.05) is 0 Å². The number of rotatable bonds is 7. The number of nitrogens with zero attached hydrogens (tertiary/aromatic N) is 1. The van der Waals surface area contributed by atoms with Crippen LogP contribution in [0.4, 0.5) is 5.69 Å². The fourth-order valence-electron chi connectivity index (χ4n) is 6.55. The zero-order valence-corrected chi connectivity index (χ0v) is 18.6. The first-order valence-corrected chi connectivity index (χ1v) is 11.8. The van der Waals surface area contributed by atoms with Gasteiger partial charge in [-0.25, -0.2) is 0 Å². The van der Waals surface area contributed by atoms with Gasteiger partial charge < -0.3 is 10.6 Å². The number of nitro groups is 1. The SMILES string of the molecule is O=C(NCc1ccc([N+](=O)[O-])cc1)c1ccc(CNC(=O)C23CC4CC(CC(C4)C2)C3)cc1. The van der Waals surface area contributed by atoms with E-state index >= 15 is 0 Å². The van der Waals surface area contributed by atoms with Gasteiger partial charge in [-0.05, 0) is 79.5 Å². The minimum Gasteiger partial charge on any atom is -0.352 e. The summed E-state index contributed by atoms with van der Waals surface area (Å²) in [6, 6.07) is 13.4. The molecule has 0 radical (unpaired) electrons. The first-order valence-electron chi connectivity index (χ1n) is 11.8. The molecule has 2 N–H and O–H groups in total. The highest BCUT2D eigenvalue weighted by Crippen LogP contribution is 2.60. The molecular formula is C26H29N3O4. The molecule has 7 heteroatoms. The van der Waals surface area contributed by atoms with Crippen molar-refractivity contribution in [3.05, 3.63) is 75.3 Å². The number of benzene rings is 2. The molecule has 2 aromatic carbocycles. The summed E-state index contributed by atoms with van der Waals surface area (Å²) < 4.78 is 0. The van der Waals surface area contributed by atoms with Crippen LogP contribution < -0.4 is 10.6 Å². The second kappa shape index (κ2) is 8.61. The van der Waals surface area contributed by atoms with Crippen LogP contribution in [0.2, 0.25) is 0 Å². The molecular weight excluding hydrogens is 418 g/mol. The van der Waals surface area contributed by atoms with Crippen LogP contribution in [-0.4, -0.2) is 16.7 Å². The molecule has 4 aliphatic rings. The molecule has 0 atom stereocenters. The standard InChI is InChI=1S/C26H29N3O4/c30-24(27-15-18-3-7-23(8-4-18)29(32)33)22-5-1-17(2-6-22)16-28-25(31)26-12-19-9-20(13-26)11-21(10-19)14-26/h1-8,19-21H,9-16H2,(H,27,30)(H,28,31). The number of nitrogens with one attached hydrogen (secondary N) is 2. The highest BCUT2D eigenvalue weighted by molar-refractivity contribution is 5.94. The maximum Gasteiger partial charge on any atom is 0.269 e. The smallest absolute Gasteiger partial charge is 0.269 e. The summed E-state index contributed by atoms with van der Waals surface area (Å²) in [5.41, 5.74) is 2.17. The van der Waals surface area contributed by atoms with Gasteiger partial charge in [0.2, 0.25) is 5.91 Å². The van der Waals surface area contributed by atoms with E-state index in [2.05, 4.69) is 10.6 Å². The van der Waals surface area contributed by atoms with E-state index in [1.807, 2.05) is 12.1 Å². The number of nitro benzene ring substituents is 1. The first kappa shape index (κ1) is 21.6. The van der Waals surface area contributed by atoms with E-state index in [1.165, 1.54) is 31.4 Å². The molecule has 4 aliphatic carbocycles. The lowest BCUT2D eigenvalue weighted by Gasteiger charge is -2.55. The second-order valence-electron chi connectivity index (χ2n) is 10.2. The van der Waals surface area contributed by atoms with E-state index in [1.54, 1.807) is 24.3 Å². The molecule has 0 aromatic heterocycles. The molecule has 6 rings (SSSR count). The molecule has 4 saturated carbocycles. The third-order valence-corrected chi connectivity index (χ3v) is 7.79. The van der Waals surface area contributed by atoms with Crippen molar-refractivity contribution in [1.29, 1.82) is 0 Å². The number of amides is 2. The Bertz CT molecular complexity index is 1030. The Morgan fingerprint density at radius 2 is 1.30 bits per heavy atom. The molecule has 0 aliphatic heterocycles.